The Kier molecular flexibility index (Phi) is 3.98. The lowest BCUT2D eigenvalue weighted by Gasteiger charge is -2.33. The smallest absolute Gasteiger partial charge is 0.253 e. The molecule has 0 bridgehead atoms. The van der Waals surface area contributed by atoms with Crippen LogP contribution in [0.2, 0.25) is 0 Å². The van der Waals surface area contributed by atoms with Crippen molar-refractivity contribution in [3.05, 3.63) is 23.8 Å². The Bertz CT molecular complexity index is 464. The fourth-order valence-electron chi connectivity index (χ4n) is 2.76. The van der Waals surface area contributed by atoms with Crippen LogP contribution in [0.4, 0.5) is 11.4 Å². The molecule has 0 unspecified atom stereocenters. The Balaban J connectivity index is 1.97. The van der Waals surface area contributed by atoms with Crippen molar-refractivity contribution in [1.82, 2.24) is 5.32 Å². The number of amides is 1. The van der Waals surface area contributed by atoms with Crippen LogP contribution in [0.1, 0.15) is 49.4 Å². The fraction of sp³-hybridized carbons (Fsp3) is 0.533. The van der Waals surface area contributed by atoms with Gasteiger partial charge in [0.25, 0.3) is 5.91 Å². The van der Waals surface area contributed by atoms with Gasteiger partial charge in [-0.05, 0) is 36.5 Å². The molecular weight excluding hydrogens is 238 g/mol. The first kappa shape index (κ1) is 13.7. The molecule has 0 spiro atoms. The van der Waals surface area contributed by atoms with Crippen molar-refractivity contribution in [2.45, 2.75) is 39.0 Å². The van der Waals surface area contributed by atoms with E-state index in [-0.39, 0.29) is 11.3 Å². The number of rotatable bonds is 3. The second-order valence-electron chi connectivity index (χ2n) is 5.90. The van der Waals surface area contributed by atoms with Gasteiger partial charge in [0.15, 0.2) is 0 Å². The number of hydrogen-bond acceptors (Lipinski definition) is 3. The number of nitrogen functional groups attached to an aromatic ring is 2. The number of nitrogens with one attached hydrogen (secondary N) is 1. The van der Waals surface area contributed by atoms with E-state index in [4.69, 9.17) is 11.5 Å². The molecule has 19 heavy (non-hydrogen) atoms. The second-order valence-corrected chi connectivity index (χ2v) is 5.90. The number of benzene rings is 1. The van der Waals surface area contributed by atoms with Gasteiger partial charge in [-0.2, -0.15) is 0 Å². The molecule has 4 nitrogen and oxygen atoms in total. The first-order valence-corrected chi connectivity index (χ1v) is 6.93. The molecule has 5 N–H and O–H groups in total. The highest BCUT2D eigenvalue weighted by atomic mass is 16.1. The first-order chi connectivity index (χ1) is 9.00. The van der Waals surface area contributed by atoms with Crippen molar-refractivity contribution in [1.29, 1.82) is 0 Å². The van der Waals surface area contributed by atoms with Gasteiger partial charge < -0.3 is 16.8 Å². The lowest BCUT2D eigenvalue weighted by molar-refractivity contribution is 0.0920. The molecule has 1 aliphatic carbocycles. The summed E-state index contributed by atoms with van der Waals surface area (Å²) in [7, 11) is 0. The zero-order valence-corrected chi connectivity index (χ0v) is 11.5. The van der Waals surface area contributed by atoms with E-state index < -0.39 is 0 Å². The van der Waals surface area contributed by atoms with E-state index in [1.165, 1.54) is 32.1 Å². The van der Waals surface area contributed by atoms with Crippen LogP contribution in [-0.2, 0) is 0 Å². The maximum absolute atomic E-state index is 12.1. The Hall–Kier alpha value is -1.71. The standard InChI is InChI=1S/C15H23N3O/c1-15(7-3-2-4-8-15)10-18-14(19)12-6-5-11(16)9-13(12)17/h5-6,9H,2-4,7-8,10,16-17H2,1H3,(H,18,19). The van der Waals surface area contributed by atoms with Crippen molar-refractivity contribution in [2.24, 2.45) is 5.41 Å². The SMILES string of the molecule is CC1(CNC(=O)c2ccc(N)cc2N)CCCCC1. The van der Waals surface area contributed by atoms with Gasteiger partial charge in [-0.25, -0.2) is 0 Å². The summed E-state index contributed by atoms with van der Waals surface area (Å²) in [6.07, 6.45) is 6.20. The summed E-state index contributed by atoms with van der Waals surface area (Å²) >= 11 is 0. The predicted octanol–water partition coefficient (Wildman–Crippen LogP) is 2.55. The summed E-state index contributed by atoms with van der Waals surface area (Å²) in [6, 6.07) is 5.01. The average molecular weight is 261 g/mol. The van der Waals surface area contributed by atoms with E-state index in [0.29, 0.717) is 16.9 Å². The van der Waals surface area contributed by atoms with Gasteiger partial charge in [0.1, 0.15) is 0 Å². The minimum atomic E-state index is -0.107. The molecule has 0 saturated heterocycles. The molecule has 2 rings (SSSR count). The van der Waals surface area contributed by atoms with Crippen LogP contribution < -0.4 is 16.8 Å². The van der Waals surface area contributed by atoms with Crippen LogP contribution in [0.25, 0.3) is 0 Å². The minimum Gasteiger partial charge on any atom is -0.399 e. The topological polar surface area (TPSA) is 81.1 Å². The van der Waals surface area contributed by atoms with Crippen LogP contribution in [0, 0.1) is 5.41 Å². The van der Waals surface area contributed by atoms with Gasteiger partial charge in [0.2, 0.25) is 0 Å². The number of anilines is 2. The van der Waals surface area contributed by atoms with Crippen molar-refractivity contribution >= 4 is 17.3 Å². The highest BCUT2D eigenvalue weighted by molar-refractivity contribution is 5.99. The van der Waals surface area contributed by atoms with E-state index in [9.17, 15) is 4.79 Å². The van der Waals surface area contributed by atoms with Crippen LogP contribution >= 0.6 is 0 Å². The van der Waals surface area contributed by atoms with Crippen molar-refractivity contribution in [2.75, 3.05) is 18.0 Å². The molecule has 4 heteroatoms. The average Bonchev–Trinajstić information content (AvgIpc) is 2.37. The largest absolute Gasteiger partial charge is 0.399 e. The molecule has 1 amide bonds. The van der Waals surface area contributed by atoms with E-state index in [0.717, 1.165) is 6.54 Å². The molecule has 104 valence electrons. The first-order valence-electron chi connectivity index (χ1n) is 6.93. The van der Waals surface area contributed by atoms with Gasteiger partial charge >= 0.3 is 0 Å². The Morgan fingerprint density at radius 3 is 2.58 bits per heavy atom. The van der Waals surface area contributed by atoms with Gasteiger partial charge in [-0.1, -0.05) is 26.2 Å². The third-order valence-corrected chi connectivity index (χ3v) is 4.06. The summed E-state index contributed by atoms with van der Waals surface area (Å²) in [5.74, 6) is -0.107. The number of hydrogen-bond donors (Lipinski definition) is 3. The minimum absolute atomic E-state index is 0.107. The molecular formula is C15H23N3O. The summed E-state index contributed by atoms with van der Waals surface area (Å²) in [6.45, 7) is 2.97. The highest BCUT2D eigenvalue weighted by Crippen LogP contribution is 2.35. The maximum Gasteiger partial charge on any atom is 0.253 e. The van der Waals surface area contributed by atoms with Crippen LogP contribution in [-0.4, -0.2) is 12.5 Å². The summed E-state index contributed by atoms with van der Waals surface area (Å²) < 4.78 is 0. The molecule has 1 fully saturated rings. The Morgan fingerprint density at radius 2 is 1.95 bits per heavy atom. The van der Waals surface area contributed by atoms with E-state index in [1.807, 2.05) is 0 Å². The lowest BCUT2D eigenvalue weighted by atomic mass is 9.76. The highest BCUT2D eigenvalue weighted by Gasteiger charge is 2.27. The Labute approximate surface area is 114 Å². The molecule has 1 aromatic rings. The number of nitrogens with two attached hydrogens (primary N) is 2. The van der Waals surface area contributed by atoms with E-state index in [1.54, 1.807) is 18.2 Å². The molecule has 1 saturated carbocycles. The van der Waals surface area contributed by atoms with Crippen molar-refractivity contribution in [3.8, 4) is 0 Å². The third-order valence-electron chi connectivity index (χ3n) is 4.06. The van der Waals surface area contributed by atoms with Gasteiger partial charge in [-0.3, -0.25) is 4.79 Å². The normalized spacial score (nSPS) is 17.9. The molecule has 1 aliphatic rings. The predicted molar refractivity (Wildman–Crippen MR) is 78.8 cm³/mol. The number of carbonyl (C=O) groups is 1. The monoisotopic (exact) mass is 261 g/mol. The number of carbonyl (C=O) groups excluding carboxylic acids is 1. The molecule has 0 heterocycles. The van der Waals surface area contributed by atoms with Gasteiger partial charge in [0.05, 0.1) is 5.56 Å². The zero-order valence-electron chi connectivity index (χ0n) is 11.5. The van der Waals surface area contributed by atoms with E-state index >= 15 is 0 Å². The third kappa shape index (κ3) is 3.40. The Morgan fingerprint density at radius 1 is 1.26 bits per heavy atom. The molecule has 1 aromatic carbocycles. The fourth-order valence-corrected chi connectivity index (χ4v) is 2.76. The molecule has 0 radical (unpaired) electrons. The van der Waals surface area contributed by atoms with E-state index in [2.05, 4.69) is 12.2 Å². The van der Waals surface area contributed by atoms with Crippen LogP contribution in [0.5, 0.6) is 0 Å². The van der Waals surface area contributed by atoms with Gasteiger partial charge in [-0.15, -0.1) is 0 Å². The summed E-state index contributed by atoms with van der Waals surface area (Å²) in [5, 5.41) is 3.01. The molecule has 0 atom stereocenters. The second kappa shape index (κ2) is 5.51. The van der Waals surface area contributed by atoms with Gasteiger partial charge in [0, 0.05) is 17.9 Å². The van der Waals surface area contributed by atoms with Crippen molar-refractivity contribution in [3.63, 3.8) is 0 Å². The molecule has 0 aliphatic heterocycles. The van der Waals surface area contributed by atoms with Crippen LogP contribution in [0.15, 0.2) is 18.2 Å². The summed E-state index contributed by atoms with van der Waals surface area (Å²) in [4.78, 5) is 12.1. The lowest BCUT2D eigenvalue weighted by Crippen LogP contribution is -2.37. The zero-order chi connectivity index (χ0) is 13.9. The van der Waals surface area contributed by atoms with Crippen LogP contribution in [0.3, 0.4) is 0 Å². The van der Waals surface area contributed by atoms with Crippen molar-refractivity contribution < 1.29 is 4.79 Å². The quantitative estimate of drug-likeness (QED) is 0.731. The maximum atomic E-state index is 12.1. The summed E-state index contributed by atoms with van der Waals surface area (Å²) in [5.41, 5.74) is 13.2. The molecule has 0 aromatic heterocycles.